The second-order valence-electron chi connectivity index (χ2n) is 5.45. The molecule has 17 heavy (non-hydrogen) atoms. The lowest BCUT2D eigenvalue weighted by Crippen LogP contribution is -2.29. The zero-order valence-electron chi connectivity index (χ0n) is 10.7. The molecule has 0 saturated carbocycles. The molecule has 1 N–H and O–H groups in total. The highest BCUT2D eigenvalue weighted by molar-refractivity contribution is 5.30. The fraction of sp³-hybridized carbons (Fsp3) is 0.583. The molecule has 92 valence electrons. The van der Waals surface area contributed by atoms with Crippen LogP contribution < -0.4 is 0 Å². The molecular weight excluding hydrogens is 216 g/mol. The van der Waals surface area contributed by atoms with Crippen LogP contribution in [0, 0.1) is 12.3 Å². The molecule has 2 aromatic rings. The van der Waals surface area contributed by atoms with Gasteiger partial charge < -0.3 is 5.11 Å². The molecule has 2 aromatic heterocycles. The quantitative estimate of drug-likeness (QED) is 0.852. The predicted molar refractivity (Wildman–Crippen MR) is 64.7 cm³/mol. The molecular formula is C12H18N4O. The first-order chi connectivity index (χ1) is 7.88. The highest BCUT2D eigenvalue weighted by Gasteiger charge is 2.23. The standard InChI is InChI=1S/C12H18N4O/c1-8-5-9(6-10(17)12(2,3)4)16-11(15-8)13-7-14-16/h5,7,10,17H,6H2,1-4H3. The maximum Gasteiger partial charge on any atom is 0.252 e. The molecule has 0 bridgehead atoms. The fourth-order valence-corrected chi connectivity index (χ4v) is 1.66. The van der Waals surface area contributed by atoms with Crippen LogP contribution in [0.3, 0.4) is 0 Å². The summed E-state index contributed by atoms with van der Waals surface area (Å²) >= 11 is 0. The lowest BCUT2D eigenvalue weighted by atomic mass is 9.86. The number of nitrogens with zero attached hydrogens (tertiary/aromatic N) is 4. The van der Waals surface area contributed by atoms with Gasteiger partial charge >= 0.3 is 0 Å². The van der Waals surface area contributed by atoms with Crippen molar-refractivity contribution in [3.05, 3.63) is 23.8 Å². The first-order valence-electron chi connectivity index (χ1n) is 5.72. The summed E-state index contributed by atoms with van der Waals surface area (Å²) in [5.41, 5.74) is 1.68. The highest BCUT2D eigenvalue weighted by atomic mass is 16.3. The molecule has 0 aliphatic rings. The van der Waals surface area contributed by atoms with E-state index in [4.69, 9.17) is 0 Å². The second kappa shape index (κ2) is 4.07. The average Bonchev–Trinajstić information content (AvgIpc) is 2.63. The van der Waals surface area contributed by atoms with Crippen molar-refractivity contribution < 1.29 is 5.11 Å². The number of aliphatic hydroxyl groups excluding tert-OH is 1. The van der Waals surface area contributed by atoms with Crippen LogP contribution in [0.5, 0.6) is 0 Å². The van der Waals surface area contributed by atoms with E-state index in [1.165, 1.54) is 6.33 Å². The number of hydrogen-bond acceptors (Lipinski definition) is 4. The van der Waals surface area contributed by atoms with Crippen LogP contribution in [0.15, 0.2) is 12.4 Å². The van der Waals surface area contributed by atoms with Gasteiger partial charge in [0.2, 0.25) is 0 Å². The van der Waals surface area contributed by atoms with Crippen molar-refractivity contribution in [3.63, 3.8) is 0 Å². The number of aryl methyl sites for hydroxylation is 1. The molecule has 0 spiro atoms. The summed E-state index contributed by atoms with van der Waals surface area (Å²) in [6.07, 6.45) is 1.61. The molecule has 1 unspecified atom stereocenters. The molecule has 0 aliphatic heterocycles. The van der Waals surface area contributed by atoms with Crippen molar-refractivity contribution in [2.24, 2.45) is 5.41 Å². The predicted octanol–water partition coefficient (Wildman–Crippen LogP) is 1.38. The minimum absolute atomic E-state index is 0.149. The topological polar surface area (TPSA) is 63.3 Å². The monoisotopic (exact) mass is 234 g/mol. The zero-order valence-corrected chi connectivity index (χ0v) is 10.7. The molecule has 0 radical (unpaired) electrons. The summed E-state index contributed by atoms with van der Waals surface area (Å²) in [6.45, 7) is 7.97. The number of rotatable bonds is 2. The van der Waals surface area contributed by atoms with Gasteiger partial charge in [0.1, 0.15) is 6.33 Å². The Hall–Kier alpha value is -1.49. The Morgan fingerprint density at radius 2 is 2.12 bits per heavy atom. The van der Waals surface area contributed by atoms with Crippen LogP contribution in [-0.2, 0) is 6.42 Å². The Labute approximate surface area is 101 Å². The summed E-state index contributed by atoms with van der Waals surface area (Å²) in [7, 11) is 0. The van der Waals surface area contributed by atoms with Crippen molar-refractivity contribution in [1.29, 1.82) is 0 Å². The van der Waals surface area contributed by atoms with Crippen molar-refractivity contribution in [1.82, 2.24) is 19.6 Å². The van der Waals surface area contributed by atoms with Gasteiger partial charge in [-0.2, -0.15) is 10.1 Å². The Morgan fingerprint density at radius 3 is 2.76 bits per heavy atom. The Kier molecular flexibility index (Phi) is 2.87. The van der Waals surface area contributed by atoms with E-state index in [1.807, 2.05) is 33.8 Å². The molecule has 2 heterocycles. The molecule has 5 nitrogen and oxygen atoms in total. The number of fused-ring (bicyclic) bond motifs is 1. The van der Waals surface area contributed by atoms with Crippen LogP contribution in [0.4, 0.5) is 0 Å². The van der Waals surface area contributed by atoms with Gasteiger partial charge in [0.25, 0.3) is 5.78 Å². The number of aromatic nitrogens is 4. The van der Waals surface area contributed by atoms with Gasteiger partial charge in [-0.3, -0.25) is 0 Å². The minimum atomic E-state index is -0.420. The van der Waals surface area contributed by atoms with E-state index in [2.05, 4.69) is 15.1 Å². The first-order valence-corrected chi connectivity index (χ1v) is 5.72. The molecule has 0 aromatic carbocycles. The van der Waals surface area contributed by atoms with Gasteiger partial charge in [0.15, 0.2) is 0 Å². The largest absolute Gasteiger partial charge is 0.392 e. The maximum absolute atomic E-state index is 10.1. The zero-order chi connectivity index (χ0) is 12.6. The normalized spacial score (nSPS) is 14.2. The van der Waals surface area contributed by atoms with E-state index in [-0.39, 0.29) is 5.41 Å². The van der Waals surface area contributed by atoms with Crippen LogP contribution in [0.2, 0.25) is 0 Å². The fourth-order valence-electron chi connectivity index (χ4n) is 1.66. The minimum Gasteiger partial charge on any atom is -0.392 e. The van der Waals surface area contributed by atoms with Crippen LogP contribution in [0.1, 0.15) is 32.2 Å². The number of hydrogen-bond donors (Lipinski definition) is 1. The van der Waals surface area contributed by atoms with Crippen molar-refractivity contribution >= 4 is 5.78 Å². The molecule has 0 aliphatic carbocycles. The van der Waals surface area contributed by atoms with Gasteiger partial charge in [-0.25, -0.2) is 9.50 Å². The molecule has 5 heteroatoms. The van der Waals surface area contributed by atoms with E-state index in [0.29, 0.717) is 12.2 Å². The van der Waals surface area contributed by atoms with Gasteiger partial charge in [0, 0.05) is 12.1 Å². The van der Waals surface area contributed by atoms with Crippen molar-refractivity contribution in [3.8, 4) is 0 Å². The SMILES string of the molecule is Cc1cc(CC(O)C(C)(C)C)n2ncnc2n1. The van der Waals surface area contributed by atoms with Crippen LogP contribution in [-0.4, -0.2) is 30.8 Å². The van der Waals surface area contributed by atoms with Gasteiger partial charge in [-0.1, -0.05) is 20.8 Å². The van der Waals surface area contributed by atoms with Gasteiger partial charge in [0.05, 0.1) is 11.8 Å². The van der Waals surface area contributed by atoms with E-state index in [0.717, 1.165) is 11.4 Å². The third kappa shape index (κ3) is 2.44. The third-order valence-electron chi connectivity index (χ3n) is 2.86. The Balaban J connectivity index is 2.38. The lowest BCUT2D eigenvalue weighted by molar-refractivity contribution is 0.0623. The Bertz CT molecular complexity index is 527. The third-order valence-corrected chi connectivity index (χ3v) is 2.86. The van der Waals surface area contributed by atoms with E-state index < -0.39 is 6.10 Å². The average molecular weight is 234 g/mol. The molecule has 2 rings (SSSR count). The molecule has 1 atom stereocenters. The van der Waals surface area contributed by atoms with E-state index in [1.54, 1.807) is 4.52 Å². The van der Waals surface area contributed by atoms with Gasteiger partial charge in [-0.15, -0.1) is 0 Å². The summed E-state index contributed by atoms with van der Waals surface area (Å²) in [5, 5.41) is 14.3. The smallest absolute Gasteiger partial charge is 0.252 e. The summed E-state index contributed by atoms with van der Waals surface area (Å²) in [4.78, 5) is 8.34. The summed E-state index contributed by atoms with van der Waals surface area (Å²) in [6, 6.07) is 1.94. The van der Waals surface area contributed by atoms with Crippen molar-refractivity contribution in [2.45, 2.75) is 40.2 Å². The first kappa shape index (κ1) is 12.0. The molecule has 0 saturated heterocycles. The Morgan fingerprint density at radius 1 is 1.41 bits per heavy atom. The summed E-state index contributed by atoms with van der Waals surface area (Å²) < 4.78 is 1.68. The summed E-state index contributed by atoms with van der Waals surface area (Å²) in [5.74, 6) is 0.584. The highest BCUT2D eigenvalue weighted by Crippen LogP contribution is 2.22. The second-order valence-corrected chi connectivity index (χ2v) is 5.45. The van der Waals surface area contributed by atoms with Crippen molar-refractivity contribution in [2.75, 3.05) is 0 Å². The van der Waals surface area contributed by atoms with Crippen LogP contribution in [0.25, 0.3) is 5.78 Å². The number of aliphatic hydroxyl groups is 1. The maximum atomic E-state index is 10.1. The molecule has 0 amide bonds. The van der Waals surface area contributed by atoms with E-state index >= 15 is 0 Å². The van der Waals surface area contributed by atoms with Gasteiger partial charge in [-0.05, 0) is 18.4 Å². The van der Waals surface area contributed by atoms with Crippen LogP contribution >= 0.6 is 0 Å². The lowest BCUT2D eigenvalue weighted by Gasteiger charge is -2.25. The van der Waals surface area contributed by atoms with E-state index in [9.17, 15) is 5.11 Å². The molecule has 0 fully saturated rings.